The quantitative estimate of drug-likeness (QED) is 0.545. The van der Waals surface area contributed by atoms with Gasteiger partial charge < -0.3 is 9.47 Å². The van der Waals surface area contributed by atoms with E-state index in [2.05, 4.69) is 0 Å². The standard InChI is InChI=1S/C22H20ClNO4/c1-4-28-22(26)20-14(2)24(16-9-11-17(27-3)12-10-16)21(25)18(20)13-15-7-5-6-8-19(15)23/h5-13H,4H2,1-3H3. The van der Waals surface area contributed by atoms with Crippen molar-refractivity contribution in [3.63, 3.8) is 0 Å². The molecule has 0 unspecified atom stereocenters. The van der Waals surface area contributed by atoms with Gasteiger partial charge in [0.05, 0.1) is 24.9 Å². The number of nitrogens with zero attached hydrogens (tertiary/aromatic N) is 1. The minimum Gasteiger partial charge on any atom is -0.497 e. The number of carbonyl (C=O) groups excluding carboxylic acids is 2. The average molecular weight is 398 g/mol. The number of esters is 1. The lowest BCUT2D eigenvalue weighted by atomic mass is 10.0. The van der Waals surface area contributed by atoms with Gasteiger partial charge >= 0.3 is 5.97 Å². The maximum Gasteiger partial charge on any atom is 0.340 e. The van der Waals surface area contributed by atoms with Gasteiger partial charge in [0.15, 0.2) is 0 Å². The molecule has 0 spiro atoms. The first-order valence-corrected chi connectivity index (χ1v) is 9.18. The van der Waals surface area contributed by atoms with E-state index in [1.807, 2.05) is 6.07 Å². The summed E-state index contributed by atoms with van der Waals surface area (Å²) in [5.41, 5.74) is 2.28. The lowest BCUT2D eigenvalue weighted by Gasteiger charge is -2.18. The van der Waals surface area contributed by atoms with Crippen LogP contribution in [0.5, 0.6) is 5.75 Å². The number of allylic oxidation sites excluding steroid dienone is 1. The molecule has 2 aromatic rings. The molecule has 0 N–H and O–H groups in total. The Morgan fingerprint density at radius 3 is 2.43 bits per heavy atom. The number of rotatable bonds is 5. The van der Waals surface area contributed by atoms with Crippen LogP contribution >= 0.6 is 11.6 Å². The van der Waals surface area contributed by atoms with Crippen molar-refractivity contribution in [1.29, 1.82) is 0 Å². The highest BCUT2D eigenvalue weighted by Crippen LogP contribution is 2.36. The van der Waals surface area contributed by atoms with Gasteiger partial charge in [-0.15, -0.1) is 0 Å². The second-order valence-electron chi connectivity index (χ2n) is 6.10. The Morgan fingerprint density at radius 1 is 1.14 bits per heavy atom. The van der Waals surface area contributed by atoms with Crippen molar-refractivity contribution >= 4 is 35.2 Å². The van der Waals surface area contributed by atoms with E-state index >= 15 is 0 Å². The highest BCUT2D eigenvalue weighted by atomic mass is 35.5. The lowest BCUT2D eigenvalue weighted by molar-refractivity contribution is -0.138. The first-order valence-electron chi connectivity index (χ1n) is 8.81. The number of benzene rings is 2. The van der Waals surface area contributed by atoms with Crippen LogP contribution in [-0.4, -0.2) is 25.6 Å². The third-order valence-electron chi connectivity index (χ3n) is 4.42. The fourth-order valence-electron chi connectivity index (χ4n) is 3.07. The molecule has 0 saturated heterocycles. The zero-order valence-electron chi connectivity index (χ0n) is 15.9. The summed E-state index contributed by atoms with van der Waals surface area (Å²) >= 11 is 6.25. The predicted molar refractivity (Wildman–Crippen MR) is 109 cm³/mol. The Balaban J connectivity index is 2.12. The van der Waals surface area contributed by atoms with Gasteiger partial charge in [0, 0.05) is 16.4 Å². The summed E-state index contributed by atoms with van der Waals surface area (Å²) < 4.78 is 10.4. The third kappa shape index (κ3) is 3.66. The molecule has 1 amide bonds. The number of hydrogen-bond donors (Lipinski definition) is 0. The van der Waals surface area contributed by atoms with E-state index in [1.165, 1.54) is 4.90 Å². The maximum atomic E-state index is 13.2. The molecule has 0 fully saturated rings. The van der Waals surface area contributed by atoms with E-state index in [9.17, 15) is 9.59 Å². The largest absolute Gasteiger partial charge is 0.497 e. The van der Waals surface area contributed by atoms with Crippen LogP contribution in [0.1, 0.15) is 19.4 Å². The fraction of sp³-hybridized carbons (Fsp3) is 0.182. The molecule has 0 radical (unpaired) electrons. The summed E-state index contributed by atoms with van der Waals surface area (Å²) in [6.45, 7) is 3.66. The predicted octanol–water partition coefficient (Wildman–Crippen LogP) is 4.62. The topological polar surface area (TPSA) is 55.8 Å². The summed E-state index contributed by atoms with van der Waals surface area (Å²) in [5, 5.41) is 0.492. The zero-order valence-corrected chi connectivity index (χ0v) is 16.6. The molecule has 0 aromatic heterocycles. The monoisotopic (exact) mass is 397 g/mol. The zero-order chi connectivity index (χ0) is 20.3. The number of amides is 1. The van der Waals surface area contributed by atoms with Gasteiger partial charge in [-0.1, -0.05) is 29.8 Å². The van der Waals surface area contributed by atoms with Crippen molar-refractivity contribution in [3.05, 3.63) is 76.0 Å². The smallest absolute Gasteiger partial charge is 0.340 e. The normalized spacial score (nSPS) is 15.4. The van der Waals surface area contributed by atoms with Crippen molar-refractivity contribution < 1.29 is 19.1 Å². The Labute approximate surface area is 168 Å². The molecule has 0 saturated carbocycles. The van der Waals surface area contributed by atoms with Gasteiger partial charge in [0.1, 0.15) is 5.75 Å². The highest BCUT2D eigenvalue weighted by Gasteiger charge is 2.38. The van der Waals surface area contributed by atoms with Gasteiger partial charge in [-0.05, 0) is 55.8 Å². The van der Waals surface area contributed by atoms with E-state index in [-0.39, 0.29) is 23.7 Å². The second-order valence-corrected chi connectivity index (χ2v) is 6.51. The fourth-order valence-corrected chi connectivity index (χ4v) is 3.26. The molecule has 144 valence electrons. The molecule has 2 aromatic carbocycles. The second kappa shape index (κ2) is 8.31. The maximum absolute atomic E-state index is 13.2. The van der Waals surface area contributed by atoms with E-state index in [1.54, 1.807) is 69.5 Å². The summed E-state index contributed by atoms with van der Waals surface area (Å²) in [4.78, 5) is 27.3. The van der Waals surface area contributed by atoms with Gasteiger partial charge in [0.2, 0.25) is 0 Å². The van der Waals surface area contributed by atoms with Crippen LogP contribution in [0.4, 0.5) is 5.69 Å². The number of hydrogen-bond acceptors (Lipinski definition) is 4. The van der Waals surface area contributed by atoms with Crippen LogP contribution in [0, 0.1) is 0 Å². The van der Waals surface area contributed by atoms with Gasteiger partial charge in [-0.2, -0.15) is 0 Å². The van der Waals surface area contributed by atoms with Crippen molar-refractivity contribution in [2.24, 2.45) is 0 Å². The van der Waals surface area contributed by atoms with Crippen molar-refractivity contribution in [3.8, 4) is 5.75 Å². The SMILES string of the molecule is CCOC(=O)C1=C(C)N(c2ccc(OC)cc2)C(=O)C1=Cc1ccccc1Cl. The summed E-state index contributed by atoms with van der Waals surface area (Å²) in [5.74, 6) is -0.178. The average Bonchev–Trinajstić information content (AvgIpc) is 2.94. The van der Waals surface area contributed by atoms with Crippen molar-refractivity contribution in [2.45, 2.75) is 13.8 Å². The van der Waals surface area contributed by atoms with Crippen LogP contribution in [-0.2, 0) is 14.3 Å². The first kappa shape index (κ1) is 19.7. The minimum absolute atomic E-state index is 0.214. The molecule has 5 nitrogen and oxygen atoms in total. The van der Waals surface area contributed by atoms with Crippen LogP contribution in [0.15, 0.2) is 65.4 Å². The van der Waals surface area contributed by atoms with Crippen LogP contribution in [0.3, 0.4) is 0 Å². The van der Waals surface area contributed by atoms with Crippen LogP contribution in [0.2, 0.25) is 5.02 Å². The Morgan fingerprint density at radius 2 is 1.82 bits per heavy atom. The Hall–Kier alpha value is -3.05. The Bertz CT molecular complexity index is 976. The highest BCUT2D eigenvalue weighted by molar-refractivity contribution is 6.32. The molecule has 6 heteroatoms. The number of anilines is 1. The molecule has 3 rings (SSSR count). The van der Waals surface area contributed by atoms with E-state index in [4.69, 9.17) is 21.1 Å². The molecule has 0 bridgehead atoms. The molecule has 1 heterocycles. The van der Waals surface area contributed by atoms with Crippen molar-refractivity contribution in [1.82, 2.24) is 0 Å². The van der Waals surface area contributed by atoms with Crippen LogP contribution < -0.4 is 9.64 Å². The molecule has 1 aliphatic rings. The molecule has 0 aliphatic carbocycles. The molecule has 1 aliphatic heterocycles. The number of halogens is 1. The Kier molecular flexibility index (Phi) is 5.85. The summed E-state index contributed by atoms with van der Waals surface area (Å²) in [6.07, 6.45) is 1.63. The summed E-state index contributed by atoms with van der Waals surface area (Å²) in [7, 11) is 1.57. The lowest BCUT2D eigenvalue weighted by Crippen LogP contribution is -2.24. The van der Waals surface area contributed by atoms with E-state index < -0.39 is 5.97 Å². The number of carbonyl (C=O) groups is 2. The number of ether oxygens (including phenoxy) is 2. The van der Waals surface area contributed by atoms with Gasteiger partial charge in [-0.25, -0.2) is 4.79 Å². The van der Waals surface area contributed by atoms with Gasteiger partial charge in [-0.3, -0.25) is 9.69 Å². The van der Waals surface area contributed by atoms with E-state index in [0.29, 0.717) is 27.7 Å². The van der Waals surface area contributed by atoms with Crippen LogP contribution in [0.25, 0.3) is 6.08 Å². The van der Waals surface area contributed by atoms with Gasteiger partial charge in [0.25, 0.3) is 5.91 Å². The molecular weight excluding hydrogens is 378 g/mol. The molecular formula is C22H20ClNO4. The third-order valence-corrected chi connectivity index (χ3v) is 4.76. The number of methoxy groups -OCH3 is 1. The molecule has 28 heavy (non-hydrogen) atoms. The first-order chi connectivity index (χ1) is 13.5. The van der Waals surface area contributed by atoms with Crippen molar-refractivity contribution in [2.75, 3.05) is 18.6 Å². The summed E-state index contributed by atoms with van der Waals surface area (Å²) in [6, 6.07) is 14.2. The minimum atomic E-state index is -0.539. The molecule has 0 atom stereocenters. The van der Waals surface area contributed by atoms with E-state index in [0.717, 1.165) is 0 Å².